The average molecular weight is 392 g/mol. The maximum atomic E-state index is 12.2. The van der Waals surface area contributed by atoms with Gasteiger partial charge in [0, 0.05) is 21.3 Å². The van der Waals surface area contributed by atoms with E-state index in [9.17, 15) is 9.59 Å². The Hall–Kier alpha value is -2.57. The van der Waals surface area contributed by atoms with Crippen LogP contribution >= 0.6 is 23.2 Å². The molecule has 1 aliphatic heterocycles. The van der Waals surface area contributed by atoms with Crippen molar-refractivity contribution in [2.45, 2.75) is 13.3 Å². The lowest BCUT2D eigenvalue weighted by molar-refractivity contribution is -0.115. The van der Waals surface area contributed by atoms with E-state index in [1.165, 1.54) is 0 Å². The Morgan fingerprint density at radius 3 is 2.62 bits per heavy atom. The van der Waals surface area contributed by atoms with Crippen LogP contribution in [0.1, 0.15) is 16.7 Å². The fourth-order valence-corrected chi connectivity index (χ4v) is 2.88. The number of rotatable bonds is 4. The Labute approximate surface area is 160 Å². The van der Waals surface area contributed by atoms with Gasteiger partial charge in [-0.25, -0.2) is 10.2 Å². The van der Waals surface area contributed by atoms with Crippen LogP contribution in [0.15, 0.2) is 41.5 Å². The van der Waals surface area contributed by atoms with Gasteiger partial charge in [0.1, 0.15) is 12.3 Å². The second-order valence-electron chi connectivity index (χ2n) is 5.74. The van der Waals surface area contributed by atoms with Gasteiger partial charge in [-0.1, -0.05) is 35.3 Å². The molecule has 2 aromatic carbocycles. The van der Waals surface area contributed by atoms with Crippen molar-refractivity contribution in [3.8, 4) is 0 Å². The molecule has 6 nitrogen and oxygen atoms in total. The molecule has 1 aliphatic rings. The minimum absolute atomic E-state index is 0.101. The minimum Gasteiger partial charge on any atom is -0.442 e. The lowest BCUT2D eigenvalue weighted by Crippen LogP contribution is -2.30. The topological polar surface area (TPSA) is 79.8 Å². The molecule has 134 valence electrons. The van der Waals surface area contributed by atoms with Crippen molar-refractivity contribution < 1.29 is 14.3 Å². The monoisotopic (exact) mass is 391 g/mol. The van der Waals surface area contributed by atoms with Crippen molar-refractivity contribution in [2.24, 2.45) is 5.10 Å². The Bertz CT molecular complexity index is 895. The normalized spacial score (nSPS) is 13.5. The number of nitrogens with one attached hydrogen (secondary N) is 2. The molecule has 2 amide bonds. The highest BCUT2D eigenvalue weighted by atomic mass is 35.5. The summed E-state index contributed by atoms with van der Waals surface area (Å²) in [6, 6.07) is 10.5. The maximum absolute atomic E-state index is 12.2. The van der Waals surface area contributed by atoms with E-state index in [2.05, 4.69) is 15.8 Å². The van der Waals surface area contributed by atoms with Crippen LogP contribution in [0.4, 0.5) is 10.5 Å². The molecule has 0 aromatic heterocycles. The largest absolute Gasteiger partial charge is 0.442 e. The molecule has 0 aliphatic carbocycles. The molecule has 0 fully saturated rings. The van der Waals surface area contributed by atoms with Gasteiger partial charge >= 0.3 is 6.09 Å². The number of hydrogen-bond donors (Lipinski definition) is 2. The van der Waals surface area contributed by atoms with Crippen molar-refractivity contribution in [3.05, 3.63) is 63.1 Å². The number of aryl methyl sites for hydroxylation is 1. The van der Waals surface area contributed by atoms with Crippen LogP contribution < -0.4 is 10.7 Å². The summed E-state index contributed by atoms with van der Waals surface area (Å²) < 4.78 is 4.86. The second kappa shape index (κ2) is 7.76. The van der Waals surface area contributed by atoms with Gasteiger partial charge in [-0.2, -0.15) is 5.10 Å². The van der Waals surface area contributed by atoms with E-state index < -0.39 is 6.09 Å². The molecular formula is C18H15Cl2N3O3. The molecule has 0 radical (unpaired) electrons. The van der Waals surface area contributed by atoms with Crippen molar-refractivity contribution >= 4 is 46.6 Å². The van der Waals surface area contributed by atoms with Crippen LogP contribution in [0, 0.1) is 6.92 Å². The van der Waals surface area contributed by atoms with Crippen LogP contribution in [-0.2, 0) is 16.0 Å². The molecule has 26 heavy (non-hydrogen) atoms. The molecule has 2 N–H and O–H groups in total. The Morgan fingerprint density at radius 1 is 1.23 bits per heavy atom. The van der Waals surface area contributed by atoms with Crippen molar-refractivity contribution in [2.75, 3.05) is 11.9 Å². The molecule has 1 heterocycles. The zero-order chi connectivity index (χ0) is 18.7. The summed E-state index contributed by atoms with van der Waals surface area (Å²) in [5.41, 5.74) is 5.81. The van der Waals surface area contributed by atoms with Gasteiger partial charge in [-0.3, -0.25) is 4.79 Å². The minimum atomic E-state index is -0.576. The number of cyclic esters (lactones) is 1. The zero-order valence-corrected chi connectivity index (χ0v) is 15.3. The standard InChI is InChI=1S/C18H15Cl2N3O3/c1-10-6-15(20)12(7-14(10)19)8-17(24)21-13-4-2-11(3-5-13)16-9-26-18(25)23-22-16/h2-7H,8-9H2,1H3,(H,21,24)(H,23,25). The lowest BCUT2D eigenvalue weighted by Gasteiger charge is -2.13. The summed E-state index contributed by atoms with van der Waals surface area (Å²) in [7, 11) is 0. The molecule has 0 atom stereocenters. The third-order valence-electron chi connectivity index (χ3n) is 3.80. The van der Waals surface area contributed by atoms with Crippen LogP contribution in [-0.4, -0.2) is 24.3 Å². The molecule has 0 saturated heterocycles. The van der Waals surface area contributed by atoms with Gasteiger partial charge in [-0.05, 0) is 42.3 Å². The molecule has 2 aromatic rings. The van der Waals surface area contributed by atoms with E-state index in [0.29, 0.717) is 27.0 Å². The number of amides is 2. The number of anilines is 1. The molecule has 0 unspecified atom stereocenters. The number of hydrazone groups is 1. The van der Waals surface area contributed by atoms with E-state index in [1.54, 1.807) is 36.4 Å². The summed E-state index contributed by atoms with van der Waals surface area (Å²) in [5, 5.41) is 7.82. The van der Waals surface area contributed by atoms with Gasteiger partial charge in [0.15, 0.2) is 0 Å². The first-order valence-electron chi connectivity index (χ1n) is 7.76. The van der Waals surface area contributed by atoms with Gasteiger partial charge in [0.05, 0.1) is 6.42 Å². The highest BCUT2D eigenvalue weighted by molar-refractivity contribution is 6.34. The van der Waals surface area contributed by atoms with Gasteiger partial charge in [0.2, 0.25) is 5.91 Å². The second-order valence-corrected chi connectivity index (χ2v) is 6.56. The van der Waals surface area contributed by atoms with Gasteiger partial charge in [-0.15, -0.1) is 0 Å². The molecule has 3 rings (SSSR count). The Kier molecular flexibility index (Phi) is 5.44. The van der Waals surface area contributed by atoms with Crippen molar-refractivity contribution in [1.29, 1.82) is 0 Å². The van der Waals surface area contributed by atoms with Crippen LogP contribution in [0.2, 0.25) is 10.0 Å². The number of carbonyl (C=O) groups excluding carboxylic acids is 2. The van der Waals surface area contributed by atoms with Crippen molar-refractivity contribution in [1.82, 2.24) is 5.43 Å². The van der Waals surface area contributed by atoms with Crippen LogP contribution in [0.3, 0.4) is 0 Å². The fraction of sp³-hybridized carbons (Fsp3) is 0.167. The quantitative estimate of drug-likeness (QED) is 0.828. The number of nitrogens with zero attached hydrogens (tertiary/aromatic N) is 1. The zero-order valence-electron chi connectivity index (χ0n) is 13.8. The Morgan fingerprint density at radius 2 is 1.96 bits per heavy atom. The summed E-state index contributed by atoms with van der Waals surface area (Å²) in [6.45, 7) is 1.96. The van der Waals surface area contributed by atoms with E-state index in [4.69, 9.17) is 27.9 Å². The first-order valence-corrected chi connectivity index (χ1v) is 8.52. The molecule has 0 bridgehead atoms. The number of halogens is 2. The maximum Gasteiger partial charge on any atom is 0.428 e. The predicted molar refractivity (Wildman–Crippen MR) is 101 cm³/mol. The van der Waals surface area contributed by atoms with E-state index in [-0.39, 0.29) is 18.9 Å². The van der Waals surface area contributed by atoms with E-state index >= 15 is 0 Å². The molecule has 0 spiro atoms. The van der Waals surface area contributed by atoms with E-state index in [1.807, 2.05) is 6.92 Å². The SMILES string of the molecule is Cc1cc(Cl)c(CC(=O)Nc2ccc(C3=NNC(=O)OC3)cc2)cc1Cl. The first kappa shape index (κ1) is 18.2. The molecule has 0 saturated carbocycles. The number of ether oxygens (including phenoxy) is 1. The average Bonchev–Trinajstić information content (AvgIpc) is 2.61. The first-order chi connectivity index (χ1) is 12.4. The smallest absolute Gasteiger partial charge is 0.428 e. The number of benzene rings is 2. The summed E-state index contributed by atoms with van der Waals surface area (Å²) in [6.07, 6.45) is -0.458. The predicted octanol–water partition coefficient (Wildman–Crippen LogP) is 3.93. The number of hydrogen-bond acceptors (Lipinski definition) is 4. The van der Waals surface area contributed by atoms with Gasteiger partial charge in [0.25, 0.3) is 0 Å². The molecule has 8 heteroatoms. The summed E-state index contributed by atoms with van der Waals surface area (Å²) >= 11 is 12.3. The highest BCUT2D eigenvalue weighted by Gasteiger charge is 2.14. The summed E-state index contributed by atoms with van der Waals surface area (Å²) in [4.78, 5) is 23.2. The number of carbonyl (C=O) groups is 2. The van der Waals surface area contributed by atoms with Crippen molar-refractivity contribution in [3.63, 3.8) is 0 Å². The van der Waals surface area contributed by atoms with Crippen LogP contribution in [0.25, 0.3) is 0 Å². The lowest BCUT2D eigenvalue weighted by atomic mass is 10.1. The van der Waals surface area contributed by atoms with Gasteiger partial charge < -0.3 is 10.1 Å². The fourth-order valence-electron chi connectivity index (χ4n) is 2.41. The van der Waals surface area contributed by atoms with Crippen LogP contribution in [0.5, 0.6) is 0 Å². The molecular weight excluding hydrogens is 377 g/mol. The Balaban J connectivity index is 1.65. The summed E-state index contributed by atoms with van der Waals surface area (Å²) in [5.74, 6) is -0.204. The third kappa shape index (κ3) is 4.33. The third-order valence-corrected chi connectivity index (χ3v) is 4.56. The highest BCUT2D eigenvalue weighted by Crippen LogP contribution is 2.25. The van der Waals surface area contributed by atoms with E-state index in [0.717, 1.165) is 11.1 Å².